The molecule has 3 rings (SSSR count). The van der Waals surface area contributed by atoms with Crippen LogP contribution >= 0.6 is 0 Å². The average Bonchev–Trinajstić information content (AvgIpc) is 2.79. The van der Waals surface area contributed by atoms with Gasteiger partial charge in [0.25, 0.3) is 17.1 Å². The van der Waals surface area contributed by atoms with E-state index in [2.05, 4.69) is 15.1 Å². The van der Waals surface area contributed by atoms with Gasteiger partial charge in [0.05, 0.1) is 17.5 Å². The molecule has 120 valence electrons. The van der Waals surface area contributed by atoms with Gasteiger partial charge in [0.15, 0.2) is 0 Å². The van der Waals surface area contributed by atoms with Gasteiger partial charge in [0.2, 0.25) is 0 Å². The Kier molecular flexibility index (Phi) is 3.61. The average molecular weight is 315 g/mol. The zero-order valence-corrected chi connectivity index (χ0v) is 13.1. The van der Waals surface area contributed by atoms with Crippen LogP contribution in [-0.2, 0) is 6.54 Å². The maximum absolute atomic E-state index is 12.7. The molecule has 0 saturated heterocycles. The topological polar surface area (TPSA) is 106 Å². The van der Waals surface area contributed by atoms with Gasteiger partial charge in [-0.05, 0) is 26.8 Å². The molecule has 0 aliphatic carbocycles. The van der Waals surface area contributed by atoms with Gasteiger partial charge in [-0.3, -0.25) is 14.7 Å². The lowest BCUT2D eigenvalue weighted by molar-refractivity contribution is 0.273. The Morgan fingerprint density at radius 3 is 2.39 bits per heavy atom. The Morgan fingerprint density at radius 1 is 1.13 bits per heavy atom. The highest BCUT2D eigenvalue weighted by Gasteiger charge is 2.16. The lowest BCUT2D eigenvalue weighted by Crippen LogP contribution is -2.24. The summed E-state index contributed by atoms with van der Waals surface area (Å²) in [7, 11) is 0. The van der Waals surface area contributed by atoms with Crippen molar-refractivity contribution in [3.8, 4) is 5.95 Å². The molecule has 3 aromatic rings. The molecule has 0 bridgehead atoms. The zero-order chi connectivity index (χ0) is 16.7. The minimum atomic E-state index is -0.325. The van der Waals surface area contributed by atoms with Crippen molar-refractivity contribution in [1.29, 1.82) is 0 Å². The Bertz CT molecular complexity index is 992. The molecule has 0 atom stereocenters. The number of hydrogen-bond donors (Lipinski definition) is 2. The van der Waals surface area contributed by atoms with Crippen LogP contribution in [0.5, 0.6) is 0 Å². The summed E-state index contributed by atoms with van der Waals surface area (Å²) in [4.78, 5) is 33.3. The fraction of sp³-hybridized carbons (Fsp3) is 0.333. The number of nitrogens with one attached hydrogen (secondary N) is 1. The number of fused-ring (bicyclic) bond motifs is 1. The summed E-state index contributed by atoms with van der Waals surface area (Å²) in [5.74, 6) is 0.240. The monoisotopic (exact) mass is 315 g/mol. The van der Waals surface area contributed by atoms with Crippen LogP contribution in [0, 0.1) is 20.8 Å². The van der Waals surface area contributed by atoms with E-state index < -0.39 is 0 Å². The molecule has 3 aromatic heterocycles. The van der Waals surface area contributed by atoms with Crippen molar-refractivity contribution in [1.82, 2.24) is 24.3 Å². The van der Waals surface area contributed by atoms with Gasteiger partial charge < -0.3 is 9.67 Å². The quantitative estimate of drug-likeness (QED) is 0.717. The summed E-state index contributed by atoms with van der Waals surface area (Å²) in [6.45, 7) is 5.29. The third-order valence-electron chi connectivity index (χ3n) is 3.71. The first kappa shape index (κ1) is 15.2. The van der Waals surface area contributed by atoms with Crippen molar-refractivity contribution in [2.75, 3.05) is 6.61 Å². The molecule has 2 N–H and O–H groups in total. The Labute approximate surface area is 131 Å². The van der Waals surface area contributed by atoms with Crippen molar-refractivity contribution in [2.24, 2.45) is 0 Å². The third kappa shape index (κ3) is 2.46. The second-order valence-corrected chi connectivity index (χ2v) is 5.43. The van der Waals surface area contributed by atoms with Gasteiger partial charge in [0.1, 0.15) is 0 Å². The van der Waals surface area contributed by atoms with E-state index in [4.69, 9.17) is 5.11 Å². The maximum Gasteiger partial charge on any atom is 0.283 e. The van der Waals surface area contributed by atoms with E-state index in [0.717, 1.165) is 11.4 Å². The van der Waals surface area contributed by atoms with Crippen LogP contribution in [0.1, 0.15) is 17.1 Å². The van der Waals surface area contributed by atoms with Gasteiger partial charge in [-0.1, -0.05) is 0 Å². The summed E-state index contributed by atoms with van der Waals surface area (Å²) in [6.07, 6.45) is 0. The molecular weight excluding hydrogens is 298 g/mol. The number of hydrogen-bond acceptors (Lipinski definition) is 5. The highest BCUT2D eigenvalue weighted by Crippen LogP contribution is 2.12. The number of aryl methyl sites for hydroxylation is 3. The van der Waals surface area contributed by atoms with Crippen molar-refractivity contribution in [3.63, 3.8) is 0 Å². The maximum atomic E-state index is 12.7. The molecule has 0 saturated carbocycles. The van der Waals surface area contributed by atoms with Gasteiger partial charge in [-0.25, -0.2) is 9.97 Å². The van der Waals surface area contributed by atoms with Gasteiger partial charge in [-0.2, -0.15) is 4.68 Å². The first-order chi connectivity index (χ1) is 10.9. The highest BCUT2D eigenvalue weighted by molar-refractivity contribution is 5.80. The van der Waals surface area contributed by atoms with E-state index in [1.54, 1.807) is 6.92 Å². The van der Waals surface area contributed by atoms with Crippen molar-refractivity contribution in [2.45, 2.75) is 27.3 Å². The van der Waals surface area contributed by atoms with E-state index in [0.29, 0.717) is 16.6 Å². The molecule has 8 heteroatoms. The predicted molar refractivity (Wildman–Crippen MR) is 85.0 cm³/mol. The number of aliphatic hydroxyl groups excluding tert-OH is 1. The minimum Gasteiger partial charge on any atom is -0.395 e. The summed E-state index contributed by atoms with van der Waals surface area (Å²) >= 11 is 0. The molecule has 0 spiro atoms. The lowest BCUT2D eigenvalue weighted by atomic mass is 10.2. The van der Waals surface area contributed by atoms with Gasteiger partial charge >= 0.3 is 0 Å². The van der Waals surface area contributed by atoms with Crippen LogP contribution in [0.4, 0.5) is 0 Å². The number of pyridine rings is 1. The van der Waals surface area contributed by atoms with Crippen molar-refractivity contribution < 1.29 is 5.11 Å². The summed E-state index contributed by atoms with van der Waals surface area (Å²) in [6, 6.07) is 3.16. The number of aromatic nitrogens is 5. The number of nitrogens with zero attached hydrogens (tertiary/aromatic N) is 4. The van der Waals surface area contributed by atoms with E-state index in [9.17, 15) is 9.59 Å². The van der Waals surface area contributed by atoms with E-state index in [-0.39, 0.29) is 30.2 Å². The molecule has 23 heavy (non-hydrogen) atoms. The number of aromatic amines is 1. The molecule has 0 amide bonds. The Balaban J connectivity index is 2.33. The zero-order valence-electron chi connectivity index (χ0n) is 13.1. The van der Waals surface area contributed by atoms with Gasteiger partial charge in [-0.15, -0.1) is 0 Å². The third-order valence-corrected chi connectivity index (χ3v) is 3.71. The Hall–Kier alpha value is -2.74. The number of H-pyrrole nitrogens is 1. The lowest BCUT2D eigenvalue weighted by Gasteiger charge is -2.07. The van der Waals surface area contributed by atoms with E-state index >= 15 is 0 Å². The molecule has 3 heterocycles. The molecule has 0 fully saturated rings. The van der Waals surface area contributed by atoms with Gasteiger partial charge in [0, 0.05) is 29.7 Å². The first-order valence-electron chi connectivity index (χ1n) is 7.21. The SMILES string of the molecule is Cc1cc(C)nc(-n2[nH]c3cc(=O)n(CCO)c(C)c3c2=O)n1. The summed E-state index contributed by atoms with van der Waals surface area (Å²) in [5.41, 5.74) is 1.82. The minimum absolute atomic E-state index is 0.144. The fourth-order valence-corrected chi connectivity index (χ4v) is 2.74. The van der Waals surface area contributed by atoms with Crippen LogP contribution in [0.2, 0.25) is 0 Å². The molecule has 0 aromatic carbocycles. The molecule has 0 radical (unpaired) electrons. The Morgan fingerprint density at radius 2 is 1.78 bits per heavy atom. The second kappa shape index (κ2) is 5.47. The molecule has 8 nitrogen and oxygen atoms in total. The summed E-state index contributed by atoms with van der Waals surface area (Å²) in [5, 5.41) is 12.4. The second-order valence-electron chi connectivity index (χ2n) is 5.43. The standard InChI is InChI=1S/C15H17N5O3/c1-8-6-9(2)17-15(16-8)20-14(23)13-10(3)19(4-5-21)12(22)7-11(13)18-20/h6-7,18,21H,4-5H2,1-3H3. The van der Waals surface area contributed by atoms with E-state index in [1.807, 2.05) is 19.9 Å². The predicted octanol–water partition coefficient (Wildman–Crippen LogP) is 0.188. The molecular formula is C15H17N5O3. The first-order valence-corrected chi connectivity index (χ1v) is 7.21. The van der Waals surface area contributed by atoms with Crippen LogP contribution < -0.4 is 11.1 Å². The van der Waals surface area contributed by atoms with Crippen LogP contribution in [-0.4, -0.2) is 36.0 Å². The normalized spacial score (nSPS) is 11.3. The number of aliphatic hydroxyl groups is 1. The summed E-state index contributed by atoms with van der Waals surface area (Å²) < 4.78 is 2.62. The van der Waals surface area contributed by atoms with Crippen LogP contribution in [0.25, 0.3) is 16.9 Å². The largest absolute Gasteiger partial charge is 0.395 e. The smallest absolute Gasteiger partial charge is 0.283 e. The molecule has 0 unspecified atom stereocenters. The van der Waals surface area contributed by atoms with Crippen molar-refractivity contribution in [3.05, 3.63) is 49.9 Å². The van der Waals surface area contributed by atoms with Crippen molar-refractivity contribution >= 4 is 10.9 Å². The van der Waals surface area contributed by atoms with Crippen LogP contribution in [0.3, 0.4) is 0 Å². The molecule has 0 aliphatic rings. The number of rotatable bonds is 3. The van der Waals surface area contributed by atoms with E-state index in [1.165, 1.54) is 15.3 Å². The van der Waals surface area contributed by atoms with Crippen LogP contribution in [0.15, 0.2) is 21.7 Å². The molecule has 0 aliphatic heterocycles. The fourth-order valence-electron chi connectivity index (χ4n) is 2.74. The highest BCUT2D eigenvalue weighted by atomic mass is 16.3.